The fraction of sp³-hybridized carbons (Fsp3) is 0.308. The quantitative estimate of drug-likeness (QED) is 0.879. The highest BCUT2D eigenvalue weighted by atomic mass is 19.1. The van der Waals surface area contributed by atoms with E-state index in [1.807, 2.05) is 10.8 Å². The largest absolute Gasteiger partial charge is 0.355 e. The van der Waals surface area contributed by atoms with Crippen LogP contribution >= 0.6 is 0 Å². The van der Waals surface area contributed by atoms with Crippen LogP contribution in [-0.4, -0.2) is 16.1 Å². The van der Waals surface area contributed by atoms with E-state index in [4.69, 9.17) is 0 Å². The van der Waals surface area contributed by atoms with E-state index in [0.29, 0.717) is 5.92 Å². The number of aromatic nitrogens is 2. The van der Waals surface area contributed by atoms with Gasteiger partial charge in [-0.15, -0.1) is 0 Å². The molecular formula is C13H16FN3. The number of rotatable bonds is 4. The summed E-state index contributed by atoms with van der Waals surface area (Å²) in [4.78, 5) is 4.25. The highest BCUT2D eigenvalue weighted by molar-refractivity contribution is 5.41. The zero-order valence-corrected chi connectivity index (χ0v) is 10.0. The lowest BCUT2D eigenvalue weighted by atomic mass is 10.2. The fourth-order valence-corrected chi connectivity index (χ4v) is 1.54. The minimum Gasteiger partial charge on any atom is -0.355 e. The topological polar surface area (TPSA) is 29.9 Å². The minimum absolute atomic E-state index is 0.231. The van der Waals surface area contributed by atoms with Crippen molar-refractivity contribution >= 4 is 5.95 Å². The number of benzene rings is 1. The Hall–Kier alpha value is -1.84. The maximum Gasteiger partial charge on any atom is 0.207 e. The van der Waals surface area contributed by atoms with Gasteiger partial charge in [0.15, 0.2) is 0 Å². The number of hydrogen-bond donors (Lipinski definition) is 1. The average Bonchev–Trinajstić information content (AvgIpc) is 2.75. The molecule has 0 spiro atoms. The van der Waals surface area contributed by atoms with Crippen molar-refractivity contribution in [1.29, 1.82) is 0 Å². The summed E-state index contributed by atoms with van der Waals surface area (Å²) in [5.41, 5.74) is 0.898. The summed E-state index contributed by atoms with van der Waals surface area (Å²) < 4.78 is 14.7. The first-order valence-electron chi connectivity index (χ1n) is 5.70. The van der Waals surface area contributed by atoms with Gasteiger partial charge >= 0.3 is 0 Å². The van der Waals surface area contributed by atoms with Gasteiger partial charge in [-0.05, 0) is 30.2 Å². The summed E-state index contributed by atoms with van der Waals surface area (Å²) in [5.74, 6) is 1.10. The number of hydrogen-bond acceptors (Lipinski definition) is 2. The summed E-state index contributed by atoms with van der Waals surface area (Å²) in [6.45, 7) is 5.13. The van der Waals surface area contributed by atoms with Crippen molar-refractivity contribution in [3.63, 3.8) is 0 Å². The van der Waals surface area contributed by atoms with E-state index in [2.05, 4.69) is 24.1 Å². The van der Waals surface area contributed by atoms with Crippen molar-refractivity contribution in [2.45, 2.75) is 13.8 Å². The number of imidazole rings is 1. The van der Waals surface area contributed by atoms with E-state index in [-0.39, 0.29) is 5.82 Å². The van der Waals surface area contributed by atoms with Gasteiger partial charge in [0.25, 0.3) is 0 Å². The van der Waals surface area contributed by atoms with Gasteiger partial charge < -0.3 is 5.32 Å². The zero-order chi connectivity index (χ0) is 12.3. The summed E-state index contributed by atoms with van der Waals surface area (Å²) in [6.07, 6.45) is 3.59. The van der Waals surface area contributed by atoms with E-state index in [1.54, 1.807) is 18.3 Å². The van der Waals surface area contributed by atoms with Gasteiger partial charge in [0.1, 0.15) is 5.82 Å². The van der Waals surface area contributed by atoms with E-state index < -0.39 is 0 Å². The second-order valence-electron chi connectivity index (χ2n) is 4.37. The molecule has 1 heterocycles. The maximum absolute atomic E-state index is 12.8. The predicted octanol–water partition coefficient (Wildman–Crippen LogP) is 3.08. The van der Waals surface area contributed by atoms with Gasteiger partial charge in [-0.1, -0.05) is 13.8 Å². The predicted molar refractivity (Wildman–Crippen MR) is 66.8 cm³/mol. The number of nitrogens with one attached hydrogen (secondary N) is 1. The molecule has 0 amide bonds. The van der Waals surface area contributed by atoms with E-state index in [0.717, 1.165) is 18.2 Å². The number of halogens is 1. The molecule has 1 N–H and O–H groups in total. The molecule has 0 aliphatic rings. The second kappa shape index (κ2) is 4.99. The Balaban J connectivity index is 2.21. The summed E-state index contributed by atoms with van der Waals surface area (Å²) >= 11 is 0. The molecule has 0 saturated carbocycles. The molecule has 0 unspecified atom stereocenters. The fourth-order valence-electron chi connectivity index (χ4n) is 1.54. The maximum atomic E-state index is 12.8. The monoisotopic (exact) mass is 233 g/mol. The van der Waals surface area contributed by atoms with Gasteiger partial charge in [-0.3, -0.25) is 4.57 Å². The van der Waals surface area contributed by atoms with Crippen LogP contribution in [0.2, 0.25) is 0 Å². The van der Waals surface area contributed by atoms with Gasteiger partial charge in [-0.2, -0.15) is 0 Å². The van der Waals surface area contributed by atoms with Crippen molar-refractivity contribution in [2.75, 3.05) is 11.9 Å². The third kappa shape index (κ3) is 2.84. The molecule has 0 saturated heterocycles. The minimum atomic E-state index is -0.231. The van der Waals surface area contributed by atoms with Gasteiger partial charge in [0.2, 0.25) is 5.95 Å². The molecular weight excluding hydrogens is 217 g/mol. The lowest BCUT2D eigenvalue weighted by molar-refractivity contribution is 0.627. The standard InChI is InChI=1S/C13H16FN3/c1-10(2)9-16-13-15-7-8-17(13)12-5-3-11(14)4-6-12/h3-8,10H,9H2,1-2H3,(H,15,16). The Bertz CT molecular complexity index is 474. The highest BCUT2D eigenvalue weighted by Gasteiger charge is 2.05. The molecule has 0 fully saturated rings. The molecule has 90 valence electrons. The summed E-state index contributed by atoms with van der Waals surface area (Å²) in [6, 6.07) is 6.36. The van der Waals surface area contributed by atoms with Crippen LogP contribution in [0.15, 0.2) is 36.7 Å². The zero-order valence-electron chi connectivity index (χ0n) is 10.0. The highest BCUT2D eigenvalue weighted by Crippen LogP contribution is 2.15. The van der Waals surface area contributed by atoms with Crippen molar-refractivity contribution in [3.05, 3.63) is 42.5 Å². The Morgan fingerprint density at radius 3 is 2.65 bits per heavy atom. The normalized spacial score (nSPS) is 10.8. The molecule has 0 atom stereocenters. The van der Waals surface area contributed by atoms with Crippen molar-refractivity contribution < 1.29 is 4.39 Å². The summed E-state index contributed by atoms with van der Waals surface area (Å²) in [5, 5.41) is 3.26. The molecule has 0 aliphatic heterocycles. The summed E-state index contributed by atoms with van der Waals surface area (Å²) in [7, 11) is 0. The Labute approximate surface area is 100 Å². The Morgan fingerprint density at radius 2 is 2.00 bits per heavy atom. The molecule has 1 aromatic carbocycles. The third-order valence-corrected chi connectivity index (χ3v) is 2.41. The van der Waals surface area contributed by atoms with Gasteiger partial charge in [0, 0.05) is 24.6 Å². The first-order valence-corrected chi connectivity index (χ1v) is 5.70. The van der Waals surface area contributed by atoms with Gasteiger partial charge in [0.05, 0.1) is 0 Å². The average molecular weight is 233 g/mol. The second-order valence-corrected chi connectivity index (χ2v) is 4.37. The lowest BCUT2D eigenvalue weighted by Gasteiger charge is -2.11. The number of anilines is 1. The van der Waals surface area contributed by atoms with Crippen molar-refractivity contribution in [1.82, 2.24) is 9.55 Å². The van der Waals surface area contributed by atoms with E-state index in [9.17, 15) is 4.39 Å². The molecule has 0 radical (unpaired) electrons. The van der Waals surface area contributed by atoms with Crippen LogP contribution in [0.3, 0.4) is 0 Å². The Kier molecular flexibility index (Phi) is 3.42. The van der Waals surface area contributed by atoms with Crippen LogP contribution in [0.4, 0.5) is 10.3 Å². The van der Waals surface area contributed by atoms with Crippen LogP contribution in [0.25, 0.3) is 5.69 Å². The molecule has 4 heteroatoms. The van der Waals surface area contributed by atoms with Gasteiger partial charge in [-0.25, -0.2) is 9.37 Å². The molecule has 3 nitrogen and oxygen atoms in total. The van der Waals surface area contributed by atoms with E-state index >= 15 is 0 Å². The van der Waals surface area contributed by atoms with Crippen LogP contribution in [0.1, 0.15) is 13.8 Å². The number of nitrogens with zero attached hydrogens (tertiary/aromatic N) is 2. The molecule has 2 aromatic rings. The van der Waals surface area contributed by atoms with Crippen molar-refractivity contribution in [2.24, 2.45) is 5.92 Å². The van der Waals surface area contributed by atoms with Crippen molar-refractivity contribution in [3.8, 4) is 5.69 Å². The lowest BCUT2D eigenvalue weighted by Crippen LogP contribution is -2.11. The Morgan fingerprint density at radius 1 is 1.29 bits per heavy atom. The molecule has 1 aromatic heterocycles. The van der Waals surface area contributed by atoms with E-state index in [1.165, 1.54) is 12.1 Å². The first-order chi connectivity index (χ1) is 8.16. The first kappa shape index (κ1) is 11.6. The molecule has 0 bridgehead atoms. The smallest absolute Gasteiger partial charge is 0.207 e. The van der Waals surface area contributed by atoms with Crippen LogP contribution in [0.5, 0.6) is 0 Å². The third-order valence-electron chi connectivity index (χ3n) is 2.41. The van der Waals surface area contributed by atoms with Crippen LogP contribution in [0, 0.1) is 11.7 Å². The van der Waals surface area contributed by atoms with Crippen LogP contribution in [-0.2, 0) is 0 Å². The molecule has 2 rings (SSSR count). The molecule has 17 heavy (non-hydrogen) atoms. The molecule has 0 aliphatic carbocycles. The van der Waals surface area contributed by atoms with Crippen LogP contribution < -0.4 is 5.32 Å². The SMILES string of the molecule is CC(C)CNc1nccn1-c1ccc(F)cc1.